The van der Waals surface area contributed by atoms with E-state index in [0.717, 1.165) is 42.0 Å². The molecule has 25 heavy (non-hydrogen) atoms. The Bertz CT molecular complexity index is 782. The minimum absolute atomic E-state index is 0.00391. The molecule has 1 amide bonds. The predicted octanol–water partition coefficient (Wildman–Crippen LogP) is 2.81. The molecule has 1 fully saturated rings. The number of methoxy groups -OCH3 is 2. The van der Waals surface area contributed by atoms with Crippen LogP contribution in [0.15, 0.2) is 36.7 Å². The summed E-state index contributed by atoms with van der Waals surface area (Å²) < 4.78 is 12.5. The Morgan fingerprint density at radius 2 is 2.16 bits per heavy atom. The van der Waals surface area contributed by atoms with E-state index in [9.17, 15) is 4.79 Å². The molecule has 0 unspecified atom stereocenters. The minimum atomic E-state index is 0.00391. The number of aromatic nitrogens is 2. The molecule has 1 aromatic heterocycles. The monoisotopic (exact) mass is 341 g/mol. The minimum Gasteiger partial charge on any atom is -0.497 e. The van der Waals surface area contributed by atoms with Crippen molar-refractivity contribution in [3.05, 3.63) is 47.8 Å². The van der Waals surface area contributed by atoms with Gasteiger partial charge in [0.05, 0.1) is 26.5 Å². The van der Waals surface area contributed by atoms with Gasteiger partial charge in [-0.1, -0.05) is 0 Å². The van der Waals surface area contributed by atoms with Gasteiger partial charge in [0, 0.05) is 43.1 Å². The zero-order valence-corrected chi connectivity index (χ0v) is 14.8. The van der Waals surface area contributed by atoms with E-state index >= 15 is 0 Å². The van der Waals surface area contributed by atoms with Crippen molar-refractivity contribution in [1.82, 2.24) is 14.7 Å². The lowest BCUT2D eigenvalue weighted by Gasteiger charge is -2.25. The molecule has 1 atom stereocenters. The van der Waals surface area contributed by atoms with Crippen molar-refractivity contribution in [2.45, 2.75) is 18.9 Å². The molecule has 0 aliphatic carbocycles. The highest BCUT2D eigenvalue weighted by molar-refractivity contribution is 5.92. The molecule has 0 radical (unpaired) electrons. The van der Waals surface area contributed by atoms with E-state index in [1.807, 2.05) is 36.3 Å². The van der Waals surface area contributed by atoms with E-state index in [1.54, 1.807) is 37.3 Å². The molecule has 2 aromatic rings. The Hall–Kier alpha value is -2.76. The second kappa shape index (κ2) is 7.42. The molecule has 0 saturated carbocycles. The summed E-state index contributed by atoms with van der Waals surface area (Å²) in [5, 5.41) is 4.11. The smallest absolute Gasteiger partial charge is 0.247 e. The van der Waals surface area contributed by atoms with Gasteiger partial charge in [-0.25, -0.2) is 0 Å². The SMILES string of the molecule is COc1ccc([C@@H]2CCCN2C(=O)/C=C/c2cnn(C)c2)c(OC)c1. The van der Waals surface area contributed by atoms with Gasteiger partial charge in [-0.15, -0.1) is 0 Å². The number of nitrogens with zero attached hydrogens (tertiary/aromatic N) is 3. The second-order valence-corrected chi connectivity index (χ2v) is 6.08. The molecule has 1 saturated heterocycles. The summed E-state index contributed by atoms with van der Waals surface area (Å²) in [5.41, 5.74) is 1.93. The summed E-state index contributed by atoms with van der Waals surface area (Å²) in [6.07, 6.45) is 8.93. The van der Waals surface area contributed by atoms with Crippen molar-refractivity contribution < 1.29 is 14.3 Å². The van der Waals surface area contributed by atoms with Crippen LogP contribution >= 0.6 is 0 Å². The van der Waals surface area contributed by atoms with E-state index in [4.69, 9.17) is 9.47 Å². The largest absolute Gasteiger partial charge is 0.497 e. The number of carbonyl (C=O) groups excluding carboxylic acids is 1. The Morgan fingerprint density at radius 1 is 1.32 bits per heavy atom. The number of hydrogen-bond acceptors (Lipinski definition) is 4. The third-order valence-electron chi connectivity index (χ3n) is 4.48. The third-order valence-corrected chi connectivity index (χ3v) is 4.48. The number of aryl methyl sites for hydroxylation is 1. The standard InChI is InChI=1S/C19H23N3O3/c1-21-13-14(12-20-21)6-9-19(23)22-10-4-5-17(22)16-8-7-15(24-2)11-18(16)25-3/h6-9,11-13,17H,4-5,10H2,1-3H3/b9-6+/t17-/m0/s1. The van der Waals surface area contributed by atoms with E-state index in [-0.39, 0.29) is 11.9 Å². The third kappa shape index (κ3) is 3.68. The summed E-state index contributed by atoms with van der Waals surface area (Å²) in [4.78, 5) is 14.6. The Balaban J connectivity index is 1.80. The van der Waals surface area contributed by atoms with Crippen LogP contribution in [0.5, 0.6) is 11.5 Å². The molecule has 2 heterocycles. The first-order chi connectivity index (χ1) is 12.1. The summed E-state index contributed by atoms with van der Waals surface area (Å²) in [6.45, 7) is 0.746. The summed E-state index contributed by atoms with van der Waals surface area (Å²) in [5.74, 6) is 1.50. The highest BCUT2D eigenvalue weighted by Gasteiger charge is 2.30. The zero-order valence-electron chi connectivity index (χ0n) is 14.8. The van der Waals surface area contributed by atoms with Crippen LogP contribution in [0.4, 0.5) is 0 Å². The van der Waals surface area contributed by atoms with Crippen molar-refractivity contribution in [2.75, 3.05) is 20.8 Å². The lowest BCUT2D eigenvalue weighted by atomic mass is 10.0. The van der Waals surface area contributed by atoms with Crippen LogP contribution in [0, 0.1) is 0 Å². The van der Waals surface area contributed by atoms with E-state index in [2.05, 4.69) is 5.10 Å². The van der Waals surface area contributed by atoms with Crippen LogP contribution in [0.2, 0.25) is 0 Å². The van der Waals surface area contributed by atoms with Crippen LogP contribution < -0.4 is 9.47 Å². The first-order valence-corrected chi connectivity index (χ1v) is 8.31. The quantitative estimate of drug-likeness (QED) is 0.785. The highest BCUT2D eigenvalue weighted by atomic mass is 16.5. The molecule has 6 nitrogen and oxygen atoms in total. The second-order valence-electron chi connectivity index (χ2n) is 6.08. The predicted molar refractivity (Wildman–Crippen MR) is 95.5 cm³/mol. The average Bonchev–Trinajstić information content (AvgIpc) is 3.28. The highest BCUT2D eigenvalue weighted by Crippen LogP contribution is 2.38. The van der Waals surface area contributed by atoms with Gasteiger partial charge in [0.25, 0.3) is 0 Å². The lowest BCUT2D eigenvalue weighted by molar-refractivity contribution is -0.126. The van der Waals surface area contributed by atoms with E-state index in [1.165, 1.54) is 0 Å². The van der Waals surface area contributed by atoms with Crippen LogP contribution in [0.25, 0.3) is 6.08 Å². The van der Waals surface area contributed by atoms with Crippen LogP contribution in [-0.2, 0) is 11.8 Å². The number of amides is 1. The number of hydrogen-bond donors (Lipinski definition) is 0. The topological polar surface area (TPSA) is 56.6 Å². The maximum absolute atomic E-state index is 12.7. The van der Waals surface area contributed by atoms with Gasteiger partial charge >= 0.3 is 0 Å². The summed E-state index contributed by atoms with van der Waals surface area (Å²) in [7, 11) is 5.12. The van der Waals surface area contributed by atoms with Crippen LogP contribution in [0.1, 0.15) is 30.0 Å². The maximum Gasteiger partial charge on any atom is 0.247 e. The summed E-state index contributed by atoms with van der Waals surface area (Å²) in [6, 6.07) is 5.78. The van der Waals surface area contributed by atoms with Gasteiger partial charge in [-0.05, 0) is 31.1 Å². The van der Waals surface area contributed by atoms with Crippen molar-refractivity contribution in [2.24, 2.45) is 7.05 Å². The van der Waals surface area contributed by atoms with Crippen molar-refractivity contribution in [3.8, 4) is 11.5 Å². The van der Waals surface area contributed by atoms with Gasteiger partial charge < -0.3 is 14.4 Å². The summed E-state index contributed by atoms with van der Waals surface area (Å²) >= 11 is 0. The number of ether oxygens (including phenoxy) is 2. The molecular formula is C19H23N3O3. The molecular weight excluding hydrogens is 318 g/mol. The maximum atomic E-state index is 12.7. The van der Waals surface area contributed by atoms with Crippen molar-refractivity contribution in [1.29, 1.82) is 0 Å². The molecule has 0 spiro atoms. The fourth-order valence-electron chi connectivity index (χ4n) is 3.24. The van der Waals surface area contributed by atoms with Gasteiger partial charge in [-0.3, -0.25) is 9.48 Å². The molecule has 132 valence electrons. The Kier molecular flexibility index (Phi) is 5.07. The first-order valence-electron chi connectivity index (χ1n) is 8.31. The molecule has 3 rings (SSSR count). The van der Waals surface area contributed by atoms with E-state index in [0.29, 0.717) is 0 Å². The average molecular weight is 341 g/mol. The Labute approximate surface area is 147 Å². The first kappa shape index (κ1) is 17.1. The van der Waals surface area contributed by atoms with E-state index < -0.39 is 0 Å². The number of likely N-dealkylation sites (tertiary alicyclic amines) is 1. The van der Waals surface area contributed by atoms with Gasteiger partial charge in [-0.2, -0.15) is 5.10 Å². The number of rotatable bonds is 5. The molecule has 1 aliphatic heterocycles. The fourth-order valence-corrected chi connectivity index (χ4v) is 3.24. The van der Waals surface area contributed by atoms with Crippen LogP contribution in [0.3, 0.4) is 0 Å². The zero-order chi connectivity index (χ0) is 17.8. The number of carbonyl (C=O) groups is 1. The number of benzene rings is 1. The van der Waals surface area contributed by atoms with Gasteiger partial charge in [0.1, 0.15) is 11.5 Å². The fraction of sp³-hybridized carbons (Fsp3) is 0.368. The van der Waals surface area contributed by atoms with Gasteiger partial charge in [0.15, 0.2) is 0 Å². The molecule has 1 aliphatic rings. The molecule has 0 bridgehead atoms. The van der Waals surface area contributed by atoms with Gasteiger partial charge in [0.2, 0.25) is 5.91 Å². The normalized spacial score (nSPS) is 17.2. The Morgan fingerprint density at radius 3 is 2.84 bits per heavy atom. The van der Waals surface area contributed by atoms with Crippen LogP contribution in [-0.4, -0.2) is 41.4 Å². The lowest BCUT2D eigenvalue weighted by Crippen LogP contribution is -2.29. The van der Waals surface area contributed by atoms with Crippen molar-refractivity contribution in [3.63, 3.8) is 0 Å². The molecule has 0 N–H and O–H groups in total. The molecule has 1 aromatic carbocycles. The molecule has 6 heteroatoms. The van der Waals surface area contributed by atoms with Crippen molar-refractivity contribution >= 4 is 12.0 Å².